The van der Waals surface area contributed by atoms with E-state index in [1.807, 2.05) is 19.4 Å². The third kappa shape index (κ3) is 2.81. The molecule has 3 nitrogen and oxygen atoms in total. The van der Waals surface area contributed by atoms with Gasteiger partial charge in [-0.05, 0) is 18.3 Å². The number of nitrogens with two attached hydrogens (primary N) is 1. The van der Waals surface area contributed by atoms with E-state index in [1.165, 1.54) is 0 Å². The van der Waals surface area contributed by atoms with E-state index in [9.17, 15) is 0 Å². The van der Waals surface area contributed by atoms with Gasteiger partial charge in [-0.25, -0.2) is 4.98 Å². The van der Waals surface area contributed by atoms with Crippen molar-refractivity contribution in [3.8, 4) is 0 Å². The largest absolute Gasteiger partial charge is 0.333 e. The molecular weight excluding hydrogens is 186 g/mol. The van der Waals surface area contributed by atoms with Crippen molar-refractivity contribution in [1.29, 1.82) is 0 Å². The highest BCUT2D eigenvalue weighted by molar-refractivity contribution is 5.03. The van der Waals surface area contributed by atoms with Gasteiger partial charge in [-0.1, -0.05) is 27.7 Å². The molecular formula is C12H23N3. The minimum absolute atomic E-state index is 0.0514. The van der Waals surface area contributed by atoms with Gasteiger partial charge < -0.3 is 10.3 Å². The molecule has 0 fully saturated rings. The maximum Gasteiger partial charge on any atom is 0.0948 e. The number of nitrogens with zero attached hydrogens (tertiary/aromatic N) is 2. The number of imidazole rings is 1. The van der Waals surface area contributed by atoms with Crippen molar-refractivity contribution in [2.24, 2.45) is 17.1 Å². The second-order valence-corrected chi connectivity index (χ2v) is 5.38. The summed E-state index contributed by atoms with van der Waals surface area (Å²) in [5, 5.41) is 0. The summed E-state index contributed by atoms with van der Waals surface area (Å²) in [4.78, 5) is 4.17. The molecule has 2 N–H and O–H groups in total. The predicted molar refractivity (Wildman–Crippen MR) is 63.4 cm³/mol. The molecule has 1 aromatic rings. The van der Waals surface area contributed by atoms with Crippen LogP contribution in [0.25, 0.3) is 0 Å². The molecule has 0 aliphatic heterocycles. The molecule has 0 spiro atoms. The van der Waals surface area contributed by atoms with Crippen molar-refractivity contribution in [3.05, 3.63) is 18.2 Å². The number of rotatable bonds is 4. The van der Waals surface area contributed by atoms with Crippen LogP contribution in [0, 0.1) is 11.3 Å². The average molecular weight is 209 g/mol. The van der Waals surface area contributed by atoms with Gasteiger partial charge in [-0.15, -0.1) is 0 Å². The molecule has 1 rings (SSSR count). The van der Waals surface area contributed by atoms with Crippen LogP contribution in [0.1, 0.15) is 46.4 Å². The van der Waals surface area contributed by atoms with Gasteiger partial charge in [-0.2, -0.15) is 0 Å². The van der Waals surface area contributed by atoms with Gasteiger partial charge in [-0.3, -0.25) is 0 Å². The van der Waals surface area contributed by atoms with Crippen LogP contribution in [-0.2, 0) is 6.54 Å². The molecule has 0 aliphatic carbocycles. The Morgan fingerprint density at radius 2 is 2.00 bits per heavy atom. The van der Waals surface area contributed by atoms with Crippen LogP contribution >= 0.6 is 0 Å². The molecule has 15 heavy (non-hydrogen) atoms. The summed E-state index contributed by atoms with van der Waals surface area (Å²) in [6.07, 6.45) is 3.74. The van der Waals surface area contributed by atoms with Crippen molar-refractivity contribution in [3.63, 3.8) is 0 Å². The first-order valence-electron chi connectivity index (χ1n) is 5.60. The Morgan fingerprint density at radius 3 is 2.47 bits per heavy atom. The van der Waals surface area contributed by atoms with Crippen LogP contribution < -0.4 is 5.73 Å². The molecule has 86 valence electrons. The SMILES string of the molecule is CC(N)c1cncn1CC(C)(C)C(C)C. The van der Waals surface area contributed by atoms with Gasteiger partial charge in [0.1, 0.15) is 0 Å². The normalized spacial score (nSPS) is 14.6. The molecule has 0 aliphatic rings. The highest BCUT2D eigenvalue weighted by Crippen LogP contribution is 2.29. The van der Waals surface area contributed by atoms with E-state index < -0.39 is 0 Å². The Bertz CT molecular complexity index is 310. The van der Waals surface area contributed by atoms with Crippen LogP contribution in [0.2, 0.25) is 0 Å². The lowest BCUT2D eigenvalue weighted by Gasteiger charge is -2.30. The van der Waals surface area contributed by atoms with Crippen LogP contribution in [0.3, 0.4) is 0 Å². The van der Waals surface area contributed by atoms with Crippen LogP contribution in [0.4, 0.5) is 0 Å². The molecule has 0 saturated heterocycles. The summed E-state index contributed by atoms with van der Waals surface area (Å²) in [6, 6.07) is 0.0514. The van der Waals surface area contributed by atoms with E-state index in [4.69, 9.17) is 5.73 Å². The van der Waals surface area contributed by atoms with Gasteiger partial charge in [0, 0.05) is 18.8 Å². The molecule has 0 radical (unpaired) electrons. The smallest absolute Gasteiger partial charge is 0.0948 e. The van der Waals surface area contributed by atoms with Gasteiger partial charge in [0.25, 0.3) is 0 Å². The summed E-state index contributed by atoms with van der Waals surface area (Å²) >= 11 is 0. The first kappa shape index (κ1) is 12.2. The Kier molecular flexibility index (Phi) is 3.55. The first-order chi connectivity index (χ1) is 6.84. The second kappa shape index (κ2) is 4.35. The standard InChI is InChI=1S/C12H23N3/c1-9(2)12(4,5)7-15-8-14-6-11(15)10(3)13/h6,8-10H,7,13H2,1-5H3. The van der Waals surface area contributed by atoms with Gasteiger partial charge in [0.15, 0.2) is 0 Å². The van der Waals surface area contributed by atoms with Crippen molar-refractivity contribution in [2.45, 2.75) is 47.2 Å². The Labute approximate surface area is 92.7 Å². The number of hydrogen-bond donors (Lipinski definition) is 1. The second-order valence-electron chi connectivity index (χ2n) is 5.38. The zero-order valence-electron chi connectivity index (χ0n) is 10.5. The third-order valence-corrected chi connectivity index (χ3v) is 3.35. The molecule has 3 heteroatoms. The topological polar surface area (TPSA) is 43.8 Å². The van der Waals surface area contributed by atoms with Crippen LogP contribution in [0.5, 0.6) is 0 Å². The van der Waals surface area contributed by atoms with Crippen molar-refractivity contribution >= 4 is 0 Å². The fourth-order valence-electron chi connectivity index (χ4n) is 1.46. The summed E-state index contributed by atoms with van der Waals surface area (Å²) in [5.74, 6) is 0.640. The number of hydrogen-bond acceptors (Lipinski definition) is 2. The maximum atomic E-state index is 5.89. The lowest BCUT2D eigenvalue weighted by Crippen LogP contribution is -2.27. The Morgan fingerprint density at radius 1 is 1.40 bits per heavy atom. The Hall–Kier alpha value is -0.830. The minimum atomic E-state index is 0.0514. The molecule has 1 heterocycles. The fourth-order valence-corrected chi connectivity index (χ4v) is 1.46. The minimum Gasteiger partial charge on any atom is -0.333 e. The lowest BCUT2D eigenvalue weighted by molar-refractivity contribution is 0.207. The first-order valence-corrected chi connectivity index (χ1v) is 5.60. The summed E-state index contributed by atoms with van der Waals surface area (Å²) < 4.78 is 2.17. The lowest BCUT2D eigenvalue weighted by atomic mass is 9.81. The van der Waals surface area contributed by atoms with Crippen molar-refractivity contribution < 1.29 is 0 Å². The fraction of sp³-hybridized carbons (Fsp3) is 0.750. The molecule has 1 atom stereocenters. The maximum absolute atomic E-state index is 5.89. The van der Waals surface area contributed by atoms with E-state index in [1.54, 1.807) is 0 Å². The van der Waals surface area contributed by atoms with E-state index in [0.29, 0.717) is 5.92 Å². The van der Waals surface area contributed by atoms with Crippen LogP contribution in [0.15, 0.2) is 12.5 Å². The average Bonchev–Trinajstić information content (AvgIpc) is 2.51. The van der Waals surface area contributed by atoms with Crippen molar-refractivity contribution in [2.75, 3.05) is 0 Å². The quantitative estimate of drug-likeness (QED) is 0.828. The summed E-state index contributed by atoms with van der Waals surface area (Å²) in [7, 11) is 0. The molecule has 0 amide bonds. The highest BCUT2D eigenvalue weighted by atomic mass is 15.1. The zero-order chi connectivity index (χ0) is 11.6. The van der Waals surface area contributed by atoms with Gasteiger partial charge in [0.05, 0.1) is 12.0 Å². The summed E-state index contributed by atoms with van der Waals surface area (Å²) in [5.41, 5.74) is 7.28. The van der Waals surface area contributed by atoms with Crippen molar-refractivity contribution in [1.82, 2.24) is 9.55 Å². The van der Waals surface area contributed by atoms with E-state index in [-0.39, 0.29) is 11.5 Å². The van der Waals surface area contributed by atoms with E-state index >= 15 is 0 Å². The van der Waals surface area contributed by atoms with Crippen LogP contribution in [-0.4, -0.2) is 9.55 Å². The number of aromatic nitrogens is 2. The van der Waals surface area contributed by atoms with Gasteiger partial charge >= 0.3 is 0 Å². The molecule has 0 saturated carbocycles. The predicted octanol–water partition coefficient (Wildman–Crippen LogP) is 2.59. The highest BCUT2D eigenvalue weighted by Gasteiger charge is 2.24. The zero-order valence-corrected chi connectivity index (χ0v) is 10.5. The van der Waals surface area contributed by atoms with Gasteiger partial charge in [0.2, 0.25) is 0 Å². The third-order valence-electron chi connectivity index (χ3n) is 3.35. The molecule has 0 aromatic carbocycles. The van der Waals surface area contributed by atoms with E-state index in [0.717, 1.165) is 12.2 Å². The monoisotopic (exact) mass is 209 g/mol. The molecule has 1 unspecified atom stereocenters. The molecule has 0 bridgehead atoms. The summed E-state index contributed by atoms with van der Waals surface area (Å²) in [6.45, 7) is 12.0. The van der Waals surface area contributed by atoms with E-state index in [2.05, 4.69) is 37.2 Å². The molecule has 1 aromatic heterocycles. The Balaban J connectivity index is 2.85.